The third-order valence-corrected chi connectivity index (χ3v) is 3.40. The molecule has 0 bridgehead atoms. The van der Waals surface area contributed by atoms with Crippen LogP contribution in [0.1, 0.15) is 12.5 Å². The molecule has 0 aliphatic heterocycles. The Morgan fingerprint density at radius 3 is 2.16 bits per heavy atom. The molecule has 0 saturated heterocycles. The van der Waals surface area contributed by atoms with Crippen LogP contribution in [0, 0.1) is 0 Å². The van der Waals surface area contributed by atoms with Gasteiger partial charge in [-0.1, -0.05) is 11.6 Å². The van der Waals surface area contributed by atoms with E-state index in [0.717, 1.165) is 6.07 Å². The van der Waals surface area contributed by atoms with Crippen LogP contribution in [-0.2, 0) is 11.0 Å². The lowest BCUT2D eigenvalue weighted by Crippen LogP contribution is -2.15. The molecule has 0 saturated carbocycles. The molecule has 0 spiro atoms. The van der Waals surface area contributed by atoms with Gasteiger partial charge in [0.05, 0.1) is 16.3 Å². The number of carbonyl (C=O) groups excluding carboxylic acids is 1. The van der Waals surface area contributed by atoms with Gasteiger partial charge in [0.1, 0.15) is 5.69 Å². The number of hydrogen-bond acceptors (Lipinski definition) is 5. The van der Waals surface area contributed by atoms with Crippen LogP contribution in [0.4, 0.5) is 35.9 Å². The van der Waals surface area contributed by atoms with Gasteiger partial charge in [0.15, 0.2) is 0 Å². The lowest BCUT2D eigenvalue weighted by molar-refractivity contribution is -0.137. The maximum absolute atomic E-state index is 12.9. The molecule has 0 aromatic heterocycles. The van der Waals surface area contributed by atoms with Crippen LogP contribution in [0.3, 0.4) is 0 Å². The topological polar surface area (TPSA) is 84.8 Å². The van der Waals surface area contributed by atoms with Gasteiger partial charge in [0, 0.05) is 18.3 Å². The van der Waals surface area contributed by atoms with Crippen molar-refractivity contribution in [1.29, 1.82) is 0 Å². The zero-order valence-electron chi connectivity index (χ0n) is 12.7. The highest BCUT2D eigenvalue weighted by atomic mass is 35.5. The number of anilines is 4. The number of hydrogen-bond donors (Lipinski definition) is 4. The molecule has 10 heteroatoms. The molecule has 0 unspecified atom stereocenters. The smallest absolute Gasteiger partial charge is 0.354 e. The number of alkyl halides is 3. The average Bonchev–Trinajstić information content (AvgIpc) is 2.47. The number of rotatable bonds is 4. The van der Waals surface area contributed by atoms with Gasteiger partial charge in [-0.2, -0.15) is 13.2 Å². The maximum atomic E-state index is 12.9. The first-order valence-electron chi connectivity index (χ1n) is 6.81. The number of benzene rings is 2. The number of halogens is 4. The summed E-state index contributed by atoms with van der Waals surface area (Å²) < 4.78 is 38.6. The normalized spacial score (nSPS) is 11.2. The monoisotopic (exact) mass is 375 g/mol. The number of nitrogens with zero attached hydrogens (tertiary/aromatic N) is 1. The summed E-state index contributed by atoms with van der Waals surface area (Å²) >= 11 is 5.65. The second kappa shape index (κ2) is 7.18. The van der Waals surface area contributed by atoms with Crippen molar-refractivity contribution >= 4 is 40.3 Å². The molecule has 0 fully saturated rings. The molecule has 1 amide bonds. The summed E-state index contributed by atoms with van der Waals surface area (Å²) in [5, 5.41) is 22.6. The molecular formula is C15H13ClF3N3O3. The molecule has 4 N–H and O–H groups in total. The minimum Gasteiger partial charge on any atom is -0.354 e. The van der Waals surface area contributed by atoms with E-state index in [-0.39, 0.29) is 11.6 Å². The molecule has 25 heavy (non-hydrogen) atoms. The molecule has 0 radical (unpaired) electrons. The first-order valence-corrected chi connectivity index (χ1v) is 7.19. The third kappa shape index (κ3) is 4.75. The van der Waals surface area contributed by atoms with Crippen molar-refractivity contribution in [2.45, 2.75) is 13.1 Å². The van der Waals surface area contributed by atoms with E-state index in [9.17, 15) is 28.4 Å². The highest BCUT2D eigenvalue weighted by Crippen LogP contribution is 2.41. The van der Waals surface area contributed by atoms with E-state index >= 15 is 0 Å². The summed E-state index contributed by atoms with van der Waals surface area (Å²) in [7, 11) is 0. The zero-order valence-corrected chi connectivity index (χ0v) is 13.5. The predicted molar refractivity (Wildman–Crippen MR) is 86.5 cm³/mol. The number of nitrogens with one attached hydrogen (secondary N) is 2. The SMILES string of the molecule is CC(=O)Nc1ccc(Nc2cc(Cl)c(C(F)(F)F)cc2N(O)O)cc1. The van der Waals surface area contributed by atoms with Gasteiger partial charge in [-0.05, 0) is 36.4 Å². The summed E-state index contributed by atoms with van der Waals surface area (Å²) in [4.78, 5) is 11.0. The summed E-state index contributed by atoms with van der Waals surface area (Å²) in [5.41, 5.74) is -0.857. The van der Waals surface area contributed by atoms with Crippen molar-refractivity contribution in [2.75, 3.05) is 15.9 Å². The van der Waals surface area contributed by atoms with Crippen molar-refractivity contribution in [3.05, 3.63) is 47.0 Å². The fourth-order valence-corrected chi connectivity index (χ4v) is 2.31. The first kappa shape index (κ1) is 18.8. The molecule has 0 heterocycles. The third-order valence-electron chi connectivity index (χ3n) is 3.09. The summed E-state index contributed by atoms with van der Waals surface area (Å²) in [5.74, 6) is -0.256. The van der Waals surface area contributed by atoms with Gasteiger partial charge in [0.25, 0.3) is 0 Å². The van der Waals surface area contributed by atoms with Crippen LogP contribution < -0.4 is 15.9 Å². The highest BCUT2D eigenvalue weighted by Gasteiger charge is 2.34. The van der Waals surface area contributed by atoms with E-state index in [0.29, 0.717) is 17.4 Å². The molecule has 0 atom stereocenters. The van der Waals surface area contributed by atoms with E-state index < -0.39 is 27.7 Å². The van der Waals surface area contributed by atoms with Gasteiger partial charge in [-0.25, -0.2) is 0 Å². The van der Waals surface area contributed by atoms with Gasteiger partial charge in [-0.15, -0.1) is 5.23 Å². The molecular weight excluding hydrogens is 363 g/mol. The van der Waals surface area contributed by atoms with Crippen LogP contribution in [0.15, 0.2) is 36.4 Å². The Morgan fingerprint density at radius 1 is 1.12 bits per heavy atom. The molecule has 0 aliphatic rings. The Kier molecular flexibility index (Phi) is 5.41. The minimum absolute atomic E-state index is 0.0599. The van der Waals surface area contributed by atoms with E-state index in [2.05, 4.69) is 10.6 Å². The Morgan fingerprint density at radius 2 is 1.68 bits per heavy atom. The number of amides is 1. The fraction of sp³-hybridized carbons (Fsp3) is 0.133. The molecule has 2 aromatic carbocycles. The van der Waals surface area contributed by atoms with Crippen molar-refractivity contribution in [2.24, 2.45) is 0 Å². The summed E-state index contributed by atoms with van der Waals surface area (Å²) in [6, 6.07) is 7.65. The predicted octanol–water partition coefficient (Wildman–Crippen LogP) is 4.65. The zero-order chi connectivity index (χ0) is 18.8. The molecule has 2 aromatic rings. The van der Waals surface area contributed by atoms with E-state index in [1.165, 1.54) is 6.92 Å². The molecule has 2 rings (SSSR count). The maximum Gasteiger partial charge on any atom is 0.417 e. The fourth-order valence-electron chi connectivity index (χ4n) is 2.04. The van der Waals surface area contributed by atoms with Crippen molar-refractivity contribution in [3.8, 4) is 0 Å². The van der Waals surface area contributed by atoms with Crippen LogP contribution >= 0.6 is 11.6 Å². The van der Waals surface area contributed by atoms with Gasteiger partial charge < -0.3 is 10.6 Å². The Labute approximate surface area is 145 Å². The van der Waals surface area contributed by atoms with Gasteiger partial charge >= 0.3 is 6.18 Å². The average molecular weight is 376 g/mol. The number of carbonyl (C=O) groups is 1. The largest absolute Gasteiger partial charge is 0.417 e. The second-order valence-corrected chi connectivity index (χ2v) is 5.43. The Hall–Kier alpha value is -2.49. The molecule has 0 aliphatic carbocycles. The van der Waals surface area contributed by atoms with Crippen molar-refractivity contribution < 1.29 is 28.4 Å². The van der Waals surface area contributed by atoms with Crippen LogP contribution in [0.5, 0.6) is 0 Å². The minimum atomic E-state index is -4.75. The van der Waals surface area contributed by atoms with Gasteiger partial charge in [-0.3, -0.25) is 15.2 Å². The second-order valence-electron chi connectivity index (χ2n) is 5.02. The quantitative estimate of drug-likeness (QED) is 0.585. The van der Waals surface area contributed by atoms with Crippen LogP contribution in [0.25, 0.3) is 0 Å². The molecule has 134 valence electrons. The lowest BCUT2D eigenvalue weighted by atomic mass is 10.1. The van der Waals surface area contributed by atoms with Crippen LogP contribution in [-0.4, -0.2) is 16.3 Å². The molecule has 6 nitrogen and oxygen atoms in total. The Bertz CT molecular complexity index is 780. The van der Waals surface area contributed by atoms with Crippen LogP contribution in [0.2, 0.25) is 5.02 Å². The van der Waals surface area contributed by atoms with E-state index in [4.69, 9.17) is 11.6 Å². The standard InChI is InChI=1S/C15H13ClF3N3O3/c1-8(23)20-9-2-4-10(5-3-9)21-13-7-12(16)11(15(17,18)19)6-14(13)22(24)25/h2-7,21,24-25H,1H3,(H,20,23). The summed E-state index contributed by atoms with van der Waals surface area (Å²) in [6.45, 7) is 1.35. The van der Waals surface area contributed by atoms with Gasteiger partial charge in [0.2, 0.25) is 5.91 Å². The van der Waals surface area contributed by atoms with E-state index in [1.54, 1.807) is 24.3 Å². The first-order chi connectivity index (χ1) is 11.6. The van der Waals surface area contributed by atoms with Crippen molar-refractivity contribution in [3.63, 3.8) is 0 Å². The summed E-state index contributed by atoms with van der Waals surface area (Å²) in [6.07, 6.45) is -4.75. The van der Waals surface area contributed by atoms with E-state index in [1.807, 2.05) is 0 Å². The Balaban J connectivity index is 2.35. The highest BCUT2D eigenvalue weighted by molar-refractivity contribution is 6.32. The van der Waals surface area contributed by atoms with Crippen molar-refractivity contribution in [1.82, 2.24) is 0 Å². The lowest BCUT2D eigenvalue weighted by Gasteiger charge is -2.19.